The van der Waals surface area contributed by atoms with Crippen LogP contribution in [0.15, 0.2) is 36.4 Å². The van der Waals surface area contributed by atoms with Crippen LogP contribution in [0.5, 0.6) is 5.75 Å². The third-order valence-corrected chi connectivity index (χ3v) is 4.37. The summed E-state index contributed by atoms with van der Waals surface area (Å²) in [6.45, 7) is 0.724. The van der Waals surface area contributed by atoms with Gasteiger partial charge in [-0.05, 0) is 41.8 Å². The first kappa shape index (κ1) is 13.8. The molecule has 0 spiro atoms. The summed E-state index contributed by atoms with van der Waals surface area (Å²) in [5.41, 5.74) is 4.35. The van der Waals surface area contributed by atoms with Crippen molar-refractivity contribution in [2.24, 2.45) is 0 Å². The molecule has 0 saturated heterocycles. The highest BCUT2D eigenvalue weighted by Gasteiger charge is 2.34. The summed E-state index contributed by atoms with van der Waals surface area (Å²) >= 11 is 0. The van der Waals surface area contributed by atoms with Gasteiger partial charge in [-0.1, -0.05) is 6.07 Å². The van der Waals surface area contributed by atoms with Gasteiger partial charge in [0.25, 0.3) is 5.91 Å². The summed E-state index contributed by atoms with van der Waals surface area (Å²) in [5.74, 6) is 0.649. The summed E-state index contributed by atoms with van der Waals surface area (Å²) in [6, 6.07) is 11.0. The molecule has 0 fully saturated rings. The van der Waals surface area contributed by atoms with Gasteiger partial charge in [0.1, 0.15) is 5.75 Å². The minimum Gasteiger partial charge on any atom is -0.497 e. The molecule has 0 radical (unpaired) electrons. The third kappa shape index (κ3) is 2.25. The van der Waals surface area contributed by atoms with Crippen molar-refractivity contribution in [1.82, 2.24) is 0 Å². The van der Waals surface area contributed by atoms with Crippen LogP contribution in [0.2, 0.25) is 0 Å². The second-order valence-electron chi connectivity index (χ2n) is 5.80. The van der Waals surface area contributed by atoms with Gasteiger partial charge in [0.15, 0.2) is 0 Å². The SMILES string of the molecule is COc1cccc(NC(=O)c2cc3c4c(c2)CC(=O)N4CC3)c1. The Hall–Kier alpha value is -2.82. The molecule has 2 aliphatic rings. The number of amides is 2. The molecular weight excluding hydrogens is 292 g/mol. The van der Waals surface area contributed by atoms with Crippen molar-refractivity contribution in [2.75, 3.05) is 23.9 Å². The van der Waals surface area contributed by atoms with Crippen LogP contribution in [0, 0.1) is 0 Å². The normalized spacial score (nSPS) is 14.8. The van der Waals surface area contributed by atoms with Gasteiger partial charge >= 0.3 is 0 Å². The van der Waals surface area contributed by atoms with E-state index in [1.165, 1.54) is 0 Å². The highest BCUT2D eigenvalue weighted by Crippen LogP contribution is 2.38. The van der Waals surface area contributed by atoms with Gasteiger partial charge in [-0.25, -0.2) is 0 Å². The number of carbonyl (C=O) groups is 2. The van der Waals surface area contributed by atoms with Crippen LogP contribution in [0.3, 0.4) is 0 Å². The maximum atomic E-state index is 12.5. The lowest BCUT2D eigenvalue weighted by atomic mass is 10.0. The van der Waals surface area contributed by atoms with Gasteiger partial charge in [0.2, 0.25) is 5.91 Å². The molecule has 0 aliphatic carbocycles. The molecule has 0 unspecified atom stereocenters. The highest BCUT2D eigenvalue weighted by molar-refractivity contribution is 6.08. The zero-order valence-corrected chi connectivity index (χ0v) is 12.8. The van der Waals surface area contributed by atoms with Crippen LogP contribution in [0.25, 0.3) is 0 Å². The monoisotopic (exact) mass is 308 g/mol. The second-order valence-corrected chi connectivity index (χ2v) is 5.80. The molecule has 0 aromatic heterocycles. The van der Waals surface area contributed by atoms with Crippen molar-refractivity contribution in [3.05, 3.63) is 53.1 Å². The van der Waals surface area contributed by atoms with E-state index in [9.17, 15) is 9.59 Å². The first-order valence-corrected chi connectivity index (χ1v) is 7.57. The first-order valence-electron chi connectivity index (χ1n) is 7.57. The number of anilines is 2. The van der Waals surface area contributed by atoms with Crippen molar-refractivity contribution in [3.63, 3.8) is 0 Å². The standard InChI is InChI=1S/C18H16N2O3/c1-23-15-4-2-3-14(10-15)19-18(22)13-7-11-5-6-20-16(21)9-12(8-13)17(11)20/h2-4,7-8,10H,5-6,9H2,1H3,(H,19,22). The van der Waals surface area contributed by atoms with Crippen LogP contribution < -0.4 is 15.0 Å². The van der Waals surface area contributed by atoms with E-state index in [1.54, 1.807) is 13.2 Å². The molecule has 5 heteroatoms. The molecule has 5 nitrogen and oxygen atoms in total. The van der Waals surface area contributed by atoms with E-state index < -0.39 is 0 Å². The molecular formula is C18H16N2O3. The van der Waals surface area contributed by atoms with Crippen molar-refractivity contribution in [2.45, 2.75) is 12.8 Å². The molecule has 23 heavy (non-hydrogen) atoms. The van der Waals surface area contributed by atoms with Crippen LogP contribution in [-0.4, -0.2) is 25.5 Å². The van der Waals surface area contributed by atoms with Crippen molar-refractivity contribution >= 4 is 23.2 Å². The van der Waals surface area contributed by atoms with Crippen LogP contribution >= 0.6 is 0 Å². The van der Waals surface area contributed by atoms with E-state index in [1.807, 2.05) is 35.2 Å². The number of hydrogen-bond donors (Lipinski definition) is 1. The Balaban J connectivity index is 1.63. The van der Waals surface area contributed by atoms with Gasteiger partial charge in [0, 0.05) is 23.9 Å². The lowest BCUT2D eigenvalue weighted by Gasteiger charge is -2.11. The summed E-state index contributed by atoms with van der Waals surface area (Å²) in [5, 5.41) is 2.88. The molecule has 4 rings (SSSR count). The average molecular weight is 308 g/mol. The van der Waals surface area contributed by atoms with Gasteiger partial charge < -0.3 is 15.0 Å². The number of ether oxygens (including phenoxy) is 1. The summed E-state index contributed by atoms with van der Waals surface area (Å²) < 4.78 is 5.16. The maximum Gasteiger partial charge on any atom is 0.255 e. The summed E-state index contributed by atoms with van der Waals surface area (Å²) in [6.07, 6.45) is 1.21. The van der Waals surface area contributed by atoms with Crippen LogP contribution in [-0.2, 0) is 17.6 Å². The first-order chi connectivity index (χ1) is 11.2. The number of hydrogen-bond acceptors (Lipinski definition) is 3. The molecule has 2 aliphatic heterocycles. The number of nitrogens with one attached hydrogen (secondary N) is 1. The predicted molar refractivity (Wildman–Crippen MR) is 87.2 cm³/mol. The topological polar surface area (TPSA) is 58.6 Å². The Morgan fingerprint density at radius 2 is 2.04 bits per heavy atom. The van der Waals surface area contributed by atoms with E-state index in [-0.39, 0.29) is 11.8 Å². The number of nitrogens with zero attached hydrogens (tertiary/aromatic N) is 1. The zero-order chi connectivity index (χ0) is 16.0. The average Bonchev–Trinajstić information content (AvgIpc) is 3.12. The number of carbonyl (C=O) groups excluding carboxylic acids is 2. The highest BCUT2D eigenvalue weighted by atomic mass is 16.5. The van der Waals surface area contributed by atoms with E-state index in [4.69, 9.17) is 4.74 Å². The van der Waals surface area contributed by atoms with Crippen molar-refractivity contribution in [1.29, 1.82) is 0 Å². The lowest BCUT2D eigenvalue weighted by molar-refractivity contribution is -0.117. The quantitative estimate of drug-likeness (QED) is 0.947. The summed E-state index contributed by atoms with van der Waals surface area (Å²) in [4.78, 5) is 26.3. The Labute approximate surface area is 133 Å². The van der Waals surface area contributed by atoms with Gasteiger partial charge in [0.05, 0.1) is 19.2 Å². The Morgan fingerprint density at radius 1 is 1.22 bits per heavy atom. The molecule has 116 valence electrons. The minimum absolute atomic E-state index is 0.129. The Bertz CT molecular complexity index is 829. The Morgan fingerprint density at radius 3 is 2.87 bits per heavy atom. The van der Waals surface area contributed by atoms with Gasteiger partial charge in [-0.2, -0.15) is 0 Å². The van der Waals surface area contributed by atoms with Crippen molar-refractivity contribution in [3.8, 4) is 5.75 Å². The zero-order valence-electron chi connectivity index (χ0n) is 12.8. The molecule has 2 amide bonds. The molecule has 1 N–H and O–H groups in total. The fourth-order valence-electron chi connectivity index (χ4n) is 3.32. The molecule has 2 aromatic rings. The van der Waals surface area contributed by atoms with E-state index in [0.717, 1.165) is 29.8 Å². The van der Waals surface area contributed by atoms with Crippen LogP contribution in [0.4, 0.5) is 11.4 Å². The molecule has 2 heterocycles. The number of benzene rings is 2. The van der Waals surface area contributed by atoms with E-state index in [2.05, 4.69) is 5.32 Å². The van der Waals surface area contributed by atoms with Gasteiger partial charge in [-0.15, -0.1) is 0 Å². The minimum atomic E-state index is -0.171. The van der Waals surface area contributed by atoms with E-state index >= 15 is 0 Å². The fourth-order valence-corrected chi connectivity index (χ4v) is 3.32. The predicted octanol–water partition coefficient (Wildman–Crippen LogP) is 2.39. The maximum absolute atomic E-state index is 12.5. The lowest BCUT2D eigenvalue weighted by Crippen LogP contribution is -2.24. The summed E-state index contributed by atoms with van der Waals surface area (Å²) in [7, 11) is 1.59. The van der Waals surface area contributed by atoms with E-state index in [0.29, 0.717) is 23.4 Å². The largest absolute Gasteiger partial charge is 0.497 e. The number of methoxy groups -OCH3 is 1. The third-order valence-electron chi connectivity index (χ3n) is 4.37. The van der Waals surface area contributed by atoms with Crippen LogP contribution in [0.1, 0.15) is 21.5 Å². The fraction of sp³-hybridized carbons (Fsp3) is 0.222. The molecule has 0 atom stereocenters. The molecule has 2 aromatic carbocycles. The smallest absolute Gasteiger partial charge is 0.255 e. The number of rotatable bonds is 3. The van der Waals surface area contributed by atoms with Crippen molar-refractivity contribution < 1.29 is 14.3 Å². The van der Waals surface area contributed by atoms with Gasteiger partial charge in [-0.3, -0.25) is 9.59 Å². The molecule has 0 bridgehead atoms. The Kier molecular flexibility index (Phi) is 3.08. The second kappa shape index (κ2) is 5.12. The molecule has 0 saturated carbocycles.